The van der Waals surface area contributed by atoms with Crippen LogP contribution in [0.15, 0.2) is 64.3 Å². The lowest BCUT2D eigenvalue weighted by molar-refractivity contribution is -0.106. The summed E-state index contributed by atoms with van der Waals surface area (Å²) in [6, 6.07) is 11.5. The monoisotopic (exact) mass is 532 g/mol. The number of nitrogens with one attached hydrogen (secondary N) is 2. The van der Waals surface area contributed by atoms with E-state index in [1.807, 2.05) is 0 Å². The van der Waals surface area contributed by atoms with Crippen molar-refractivity contribution in [1.29, 1.82) is 0 Å². The van der Waals surface area contributed by atoms with Crippen molar-refractivity contribution in [2.75, 3.05) is 5.32 Å². The van der Waals surface area contributed by atoms with E-state index in [2.05, 4.69) is 20.8 Å². The third-order valence-corrected chi connectivity index (χ3v) is 11.6. The molecule has 4 saturated carbocycles. The number of hydrogen-bond donors (Lipinski definition) is 2. The maximum Gasteiger partial charge on any atom is 0.273 e. The zero-order valence-corrected chi connectivity index (χ0v) is 21.5. The molecule has 0 aliphatic heterocycles. The van der Waals surface area contributed by atoms with E-state index in [9.17, 15) is 18.0 Å². The van der Waals surface area contributed by atoms with Crippen LogP contribution < -0.4 is 10.6 Å². The van der Waals surface area contributed by atoms with Crippen LogP contribution in [0, 0.1) is 17.8 Å². The maximum atomic E-state index is 13.7. The smallest absolute Gasteiger partial charge is 0.273 e. The molecule has 38 heavy (non-hydrogen) atoms. The van der Waals surface area contributed by atoms with E-state index in [-0.39, 0.29) is 23.8 Å². The quantitative estimate of drug-likeness (QED) is 0.471. The highest BCUT2D eigenvalue weighted by molar-refractivity contribution is 7.93. The van der Waals surface area contributed by atoms with E-state index in [4.69, 9.17) is 4.52 Å². The second-order valence-electron chi connectivity index (χ2n) is 11.3. The number of carbonyl (C=O) groups is 2. The molecule has 7 rings (SSSR count). The molecule has 2 amide bonds. The van der Waals surface area contributed by atoms with Gasteiger partial charge in [-0.15, -0.1) is 0 Å². The summed E-state index contributed by atoms with van der Waals surface area (Å²) in [6.07, 6.45) is 8.09. The fourth-order valence-electron chi connectivity index (χ4n) is 7.10. The Labute approximate surface area is 220 Å². The number of aromatic nitrogens is 2. The van der Waals surface area contributed by atoms with Crippen LogP contribution in [0.25, 0.3) is 0 Å². The van der Waals surface area contributed by atoms with Crippen molar-refractivity contribution >= 4 is 27.3 Å². The van der Waals surface area contributed by atoms with E-state index < -0.39 is 14.6 Å². The number of rotatable bonds is 7. The van der Waals surface area contributed by atoms with E-state index in [0.29, 0.717) is 52.4 Å². The molecule has 0 spiro atoms. The number of pyridine rings is 1. The summed E-state index contributed by atoms with van der Waals surface area (Å²) in [5, 5.41) is 9.85. The van der Waals surface area contributed by atoms with Crippen molar-refractivity contribution in [3.63, 3.8) is 0 Å². The summed E-state index contributed by atoms with van der Waals surface area (Å²) < 4.78 is 32.0. The van der Waals surface area contributed by atoms with Gasteiger partial charge in [-0.25, -0.2) is 8.42 Å². The van der Waals surface area contributed by atoms with Gasteiger partial charge in [-0.2, -0.15) is 0 Å². The first-order valence-electron chi connectivity index (χ1n) is 13.2. The van der Waals surface area contributed by atoms with Gasteiger partial charge in [0.25, 0.3) is 11.8 Å². The summed E-state index contributed by atoms with van der Waals surface area (Å²) in [5.41, 5.74) is 1.34. The third-order valence-electron chi connectivity index (χ3n) is 8.99. The Morgan fingerprint density at radius 1 is 0.947 bits per heavy atom. The zero-order valence-electron chi connectivity index (χ0n) is 20.7. The van der Waals surface area contributed by atoms with Crippen molar-refractivity contribution in [3.8, 4) is 0 Å². The lowest BCUT2D eigenvalue weighted by Crippen LogP contribution is -2.73. The second kappa shape index (κ2) is 8.49. The first-order valence-corrected chi connectivity index (χ1v) is 14.7. The Bertz CT molecular complexity index is 1500. The van der Waals surface area contributed by atoms with Gasteiger partial charge in [-0.3, -0.25) is 14.6 Å². The summed E-state index contributed by atoms with van der Waals surface area (Å²) >= 11 is 0. The predicted molar refractivity (Wildman–Crippen MR) is 137 cm³/mol. The molecule has 2 aromatic heterocycles. The van der Waals surface area contributed by atoms with E-state index in [1.165, 1.54) is 0 Å². The van der Waals surface area contributed by atoms with Crippen LogP contribution in [0.4, 0.5) is 5.69 Å². The number of carbonyl (C=O) groups excluding carboxylic acids is 2. The Hall–Kier alpha value is -3.53. The zero-order chi connectivity index (χ0) is 26.1. The molecule has 4 aliphatic rings. The van der Waals surface area contributed by atoms with Crippen LogP contribution in [-0.4, -0.2) is 41.2 Å². The molecule has 0 radical (unpaired) electrons. The first kappa shape index (κ1) is 23.6. The lowest BCUT2D eigenvalue weighted by Gasteiger charge is -2.69. The second-order valence-corrected chi connectivity index (χ2v) is 13.6. The number of sulfone groups is 1. The lowest BCUT2D eigenvalue weighted by atomic mass is 9.42. The number of amides is 2. The Morgan fingerprint density at radius 3 is 2.29 bits per heavy atom. The van der Waals surface area contributed by atoms with Crippen molar-refractivity contribution in [2.45, 2.75) is 60.1 Å². The van der Waals surface area contributed by atoms with Crippen LogP contribution in [0.1, 0.15) is 71.0 Å². The molecule has 1 aromatic carbocycles. The van der Waals surface area contributed by atoms with Crippen LogP contribution in [0.3, 0.4) is 0 Å². The fourth-order valence-corrected chi connectivity index (χ4v) is 9.67. The molecule has 196 valence electrons. The first-order chi connectivity index (χ1) is 18.3. The highest BCUT2D eigenvalue weighted by Crippen LogP contribution is 2.70. The summed E-state index contributed by atoms with van der Waals surface area (Å²) in [7, 11) is -3.52. The number of hydrogen-bond acceptors (Lipinski definition) is 7. The molecular weight excluding hydrogens is 504 g/mol. The maximum absolute atomic E-state index is 13.7. The Morgan fingerprint density at radius 2 is 1.63 bits per heavy atom. The summed E-state index contributed by atoms with van der Waals surface area (Å²) in [4.78, 5) is 29.3. The summed E-state index contributed by atoms with van der Waals surface area (Å²) in [6.45, 7) is 0. The SMILES string of the molecule is O=C(Nc1ccc(S(=O)(=O)C23C[C@H]4C[C@@H](NC(=O)c5cc(C6CC6)on5)C[C@@H](C2)C43)cc1)c1ccncc1. The molecule has 2 unspecified atom stereocenters. The van der Waals surface area contributed by atoms with Crippen molar-refractivity contribution < 1.29 is 22.5 Å². The Kier molecular flexibility index (Phi) is 5.27. The van der Waals surface area contributed by atoms with E-state index >= 15 is 0 Å². The van der Waals surface area contributed by atoms with Crippen molar-refractivity contribution in [2.24, 2.45) is 17.8 Å². The van der Waals surface area contributed by atoms with Gasteiger partial charge in [0, 0.05) is 41.7 Å². The average molecular weight is 533 g/mol. The van der Waals surface area contributed by atoms with Gasteiger partial charge < -0.3 is 15.2 Å². The molecule has 0 bridgehead atoms. The number of anilines is 1. The van der Waals surface area contributed by atoms with Crippen LogP contribution in [-0.2, 0) is 9.84 Å². The standard InChI is InChI=1S/C28H28N4O5S/c33-26(17-7-9-29-10-8-17)30-20-3-5-22(6-4-20)38(35,36)28-14-18-11-21(12-19(15-28)25(18)28)31-27(34)23-13-24(37-32-23)16-1-2-16/h3-10,13,16,18-19,21,25H,1-2,11-12,14-15H2,(H,30,33)(H,31,34)/t18-,19+,21-,25?,28?. The van der Waals surface area contributed by atoms with Crippen LogP contribution in [0.2, 0.25) is 0 Å². The molecule has 4 fully saturated rings. The topological polar surface area (TPSA) is 131 Å². The molecule has 9 nitrogen and oxygen atoms in total. The Balaban J connectivity index is 0.989. The average Bonchev–Trinajstić information content (AvgIpc) is 3.62. The molecule has 0 saturated heterocycles. The van der Waals surface area contributed by atoms with Gasteiger partial charge in [0.1, 0.15) is 5.76 Å². The van der Waals surface area contributed by atoms with Gasteiger partial charge in [0.2, 0.25) is 0 Å². The van der Waals surface area contributed by atoms with Gasteiger partial charge in [-0.1, -0.05) is 5.16 Å². The molecule has 5 atom stereocenters. The van der Waals surface area contributed by atoms with E-state index in [0.717, 1.165) is 31.4 Å². The minimum Gasteiger partial charge on any atom is -0.360 e. The highest BCUT2D eigenvalue weighted by atomic mass is 32.2. The molecule has 4 aliphatic carbocycles. The number of benzene rings is 1. The minimum atomic E-state index is -3.52. The molecule has 3 aromatic rings. The predicted octanol–water partition coefficient (Wildman–Crippen LogP) is 3.96. The van der Waals surface area contributed by atoms with E-state index in [1.54, 1.807) is 54.9 Å². The van der Waals surface area contributed by atoms with Gasteiger partial charge in [0.05, 0.1) is 9.64 Å². The van der Waals surface area contributed by atoms with Gasteiger partial charge >= 0.3 is 0 Å². The summed E-state index contributed by atoms with van der Waals surface area (Å²) in [5.74, 6) is 1.43. The van der Waals surface area contributed by atoms with Gasteiger partial charge in [-0.05, 0) is 92.7 Å². The van der Waals surface area contributed by atoms with Crippen LogP contribution >= 0.6 is 0 Å². The molecule has 10 heteroatoms. The minimum absolute atomic E-state index is 0.0270. The normalized spacial score (nSPS) is 29.4. The van der Waals surface area contributed by atoms with Gasteiger partial charge in [0.15, 0.2) is 15.5 Å². The highest BCUT2D eigenvalue weighted by Gasteiger charge is 2.72. The largest absolute Gasteiger partial charge is 0.360 e. The number of nitrogens with zero attached hydrogens (tertiary/aromatic N) is 2. The molecular formula is C28H28N4O5S. The van der Waals surface area contributed by atoms with Crippen LogP contribution in [0.5, 0.6) is 0 Å². The fraction of sp³-hybridized carbons (Fsp3) is 0.429. The third kappa shape index (κ3) is 3.68. The van der Waals surface area contributed by atoms with Crippen molar-refractivity contribution in [1.82, 2.24) is 15.5 Å². The molecule has 2 N–H and O–H groups in total. The molecule has 2 heterocycles. The van der Waals surface area contributed by atoms with Crippen molar-refractivity contribution in [3.05, 3.63) is 71.9 Å².